The molecule has 62 valence electrons. The van der Waals surface area contributed by atoms with Gasteiger partial charge in [-0.2, -0.15) is 0 Å². The molecule has 3 N–H and O–H groups in total. The van der Waals surface area contributed by atoms with Gasteiger partial charge in [-0.25, -0.2) is 0 Å². The average Bonchev–Trinajstić information content (AvgIpc) is 1.79. The molecule has 0 heterocycles. The molecule has 0 aromatic heterocycles. The quantitative estimate of drug-likeness (QED) is 0.297. The smallest absolute Gasteiger partial charge is 1.00 e. The Kier molecular flexibility index (Phi) is 10.8. The third kappa shape index (κ3) is 13.4. The monoisotopic (exact) mass is 171 g/mol. The van der Waals surface area contributed by atoms with Crippen molar-refractivity contribution in [3.8, 4) is 0 Å². The Morgan fingerprint density at radius 2 is 2.27 bits per heavy atom. The van der Waals surface area contributed by atoms with Crippen molar-refractivity contribution in [3.05, 3.63) is 0 Å². The fourth-order valence-electron chi connectivity index (χ4n) is 0.506. The predicted molar refractivity (Wildman–Crippen MR) is 37.9 cm³/mol. The van der Waals surface area contributed by atoms with E-state index in [9.17, 15) is 4.79 Å². The van der Waals surface area contributed by atoms with E-state index in [1.807, 2.05) is 0 Å². The number of carbonyl (C=O) groups is 1. The van der Waals surface area contributed by atoms with Gasteiger partial charge in [-0.1, -0.05) is 0 Å². The molecule has 0 aliphatic rings. The molecule has 1 atom stereocenters. The van der Waals surface area contributed by atoms with Crippen LogP contribution in [0.25, 0.3) is 0 Å². The number of nitrogens with one attached hydrogen (secondary N) is 1. The third-order valence-corrected chi connectivity index (χ3v) is 0.955. The minimum absolute atomic E-state index is 0. The fourth-order valence-corrected chi connectivity index (χ4v) is 0.506. The van der Waals surface area contributed by atoms with Gasteiger partial charge in [-0.05, 0) is 6.92 Å². The van der Waals surface area contributed by atoms with Gasteiger partial charge in [0.05, 0.1) is 12.5 Å². The van der Waals surface area contributed by atoms with Crippen molar-refractivity contribution >= 4 is 5.97 Å². The van der Waals surface area contributed by atoms with Crippen molar-refractivity contribution in [2.24, 2.45) is 0 Å². The number of rotatable bonds is 5. The zero-order chi connectivity index (χ0) is 7.98. The van der Waals surface area contributed by atoms with Gasteiger partial charge >= 0.3 is 35.5 Å². The average molecular weight is 171 g/mol. The van der Waals surface area contributed by atoms with Crippen molar-refractivity contribution < 1.29 is 46.0 Å². The maximum absolute atomic E-state index is 9.94. The van der Waals surface area contributed by atoms with Crippen LogP contribution in [0, 0.1) is 0 Å². The number of hydrogen-bond donors (Lipinski definition) is 3. The number of aliphatic hydroxyl groups excluding tert-OH is 1. The second kappa shape index (κ2) is 8.49. The van der Waals surface area contributed by atoms with Crippen LogP contribution in [-0.4, -0.2) is 35.4 Å². The van der Waals surface area contributed by atoms with Crippen molar-refractivity contribution in [2.45, 2.75) is 19.4 Å². The molecule has 0 aromatic rings. The Balaban J connectivity index is -0.000000405. The van der Waals surface area contributed by atoms with Crippen LogP contribution in [0.5, 0.6) is 0 Å². The Bertz CT molecular complexity index is 113. The molecule has 0 rings (SSSR count). The molecular weight excluding hydrogens is 157 g/mol. The van der Waals surface area contributed by atoms with E-state index in [-0.39, 0.29) is 37.4 Å². The summed E-state index contributed by atoms with van der Waals surface area (Å²) in [6.45, 7) is 2.52. The van der Waals surface area contributed by atoms with E-state index in [1.165, 1.54) is 0 Å². The number of carboxylic acid groups (broad SMARTS) is 1. The summed E-state index contributed by atoms with van der Waals surface area (Å²) in [5, 5.41) is 19.7. The van der Waals surface area contributed by atoms with Crippen LogP contribution in [-0.2, 0) is 4.79 Å². The second-order valence-electron chi connectivity index (χ2n) is 2.20. The van der Waals surface area contributed by atoms with Crippen molar-refractivity contribution in [2.75, 3.05) is 13.1 Å². The van der Waals surface area contributed by atoms with E-state index in [2.05, 4.69) is 5.32 Å². The molecule has 0 radical (unpaired) electrons. The zero-order valence-electron chi connectivity index (χ0n) is 8.00. The van der Waals surface area contributed by atoms with Gasteiger partial charge in [0.15, 0.2) is 0 Å². The van der Waals surface area contributed by atoms with Crippen LogP contribution in [0.4, 0.5) is 0 Å². The number of aliphatic hydroxyl groups is 1. The molecule has 0 fully saturated rings. The van der Waals surface area contributed by atoms with Crippen molar-refractivity contribution in [1.29, 1.82) is 0 Å². The first-order valence-electron chi connectivity index (χ1n) is 3.23. The summed E-state index contributed by atoms with van der Waals surface area (Å²) in [4.78, 5) is 9.94. The number of aliphatic carboxylic acids is 1. The van der Waals surface area contributed by atoms with Gasteiger partial charge in [0, 0.05) is 13.1 Å². The predicted octanol–water partition coefficient (Wildman–Crippen LogP) is -3.45. The summed E-state index contributed by atoms with van der Waals surface area (Å²) in [5.41, 5.74) is 0. The first kappa shape index (κ1) is 13.9. The summed E-state index contributed by atoms with van der Waals surface area (Å²) in [6, 6.07) is 0. The van der Waals surface area contributed by atoms with Crippen LogP contribution in [0.2, 0.25) is 0 Å². The molecule has 5 heteroatoms. The Hall–Kier alpha value is 0.390. The van der Waals surface area contributed by atoms with Gasteiger partial charge in [-0.15, -0.1) is 0 Å². The van der Waals surface area contributed by atoms with Gasteiger partial charge in [0.1, 0.15) is 0 Å². The molecule has 4 nitrogen and oxygen atoms in total. The number of carboxylic acids is 1. The molecule has 0 bridgehead atoms. The molecule has 0 aromatic carbocycles. The van der Waals surface area contributed by atoms with Gasteiger partial charge in [-0.3, -0.25) is 4.79 Å². The van der Waals surface area contributed by atoms with Gasteiger partial charge in [0.25, 0.3) is 0 Å². The van der Waals surface area contributed by atoms with E-state index in [4.69, 9.17) is 10.2 Å². The minimum Gasteiger partial charge on any atom is -1.00 e. The van der Waals surface area contributed by atoms with Crippen molar-refractivity contribution in [3.63, 3.8) is 0 Å². The van der Waals surface area contributed by atoms with E-state index in [0.29, 0.717) is 13.1 Å². The normalized spacial score (nSPS) is 11.8. The zero-order valence-corrected chi connectivity index (χ0v) is 9.00. The SMILES string of the molecule is CC(O)CNCCC(=O)O.[H-].[Na+]. The third-order valence-electron chi connectivity index (χ3n) is 0.955. The molecule has 0 aliphatic carbocycles. The van der Waals surface area contributed by atoms with Gasteiger partial charge in [0.2, 0.25) is 0 Å². The first-order chi connectivity index (χ1) is 4.63. The molecule has 0 saturated heterocycles. The topological polar surface area (TPSA) is 69.6 Å². The van der Waals surface area contributed by atoms with Crippen molar-refractivity contribution in [1.82, 2.24) is 5.32 Å². The molecule has 1 unspecified atom stereocenters. The van der Waals surface area contributed by atoms with E-state index >= 15 is 0 Å². The maximum Gasteiger partial charge on any atom is 1.00 e. The summed E-state index contributed by atoms with van der Waals surface area (Å²) in [7, 11) is 0. The van der Waals surface area contributed by atoms with Gasteiger partial charge < -0.3 is 17.0 Å². The molecule has 0 aliphatic heterocycles. The Labute approximate surface area is 89.8 Å². The Morgan fingerprint density at radius 3 is 2.64 bits per heavy atom. The standard InChI is InChI=1S/C6H13NO3.Na.H/c1-5(8)4-7-3-2-6(9)10;;/h5,7-8H,2-4H2,1H3,(H,9,10);;/q;+1;-1. The van der Waals surface area contributed by atoms with Crippen LogP contribution >= 0.6 is 0 Å². The van der Waals surface area contributed by atoms with Crippen LogP contribution in [0.3, 0.4) is 0 Å². The van der Waals surface area contributed by atoms with E-state index in [0.717, 1.165) is 0 Å². The van der Waals surface area contributed by atoms with E-state index in [1.54, 1.807) is 6.92 Å². The number of hydrogen-bond acceptors (Lipinski definition) is 3. The minimum atomic E-state index is -0.821. The molecule has 0 saturated carbocycles. The molecule has 0 amide bonds. The summed E-state index contributed by atoms with van der Waals surface area (Å²) < 4.78 is 0. The summed E-state index contributed by atoms with van der Waals surface area (Å²) >= 11 is 0. The largest absolute Gasteiger partial charge is 1.00 e. The second-order valence-corrected chi connectivity index (χ2v) is 2.20. The molecule has 11 heavy (non-hydrogen) atoms. The Morgan fingerprint density at radius 1 is 1.73 bits per heavy atom. The summed E-state index contributed by atoms with van der Waals surface area (Å²) in [5.74, 6) is -0.821. The van der Waals surface area contributed by atoms with E-state index < -0.39 is 12.1 Å². The molecule has 0 spiro atoms. The maximum atomic E-state index is 9.94. The summed E-state index contributed by atoms with van der Waals surface area (Å²) in [6.07, 6.45) is -0.305. The van der Waals surface area contributed by atoms with Crippen LogP contribution in [0.1, 0.15) is 14.8 Å². The molecular formula is C6H14NNaO3. The first-order valence-corrected chi connectivity index (χ1v) is 3.23. The van der Waals surface area contributed by atoms with Crippen LogP contribution in [0.15, 0.2) is 0 Å². The van der Waals surface area contributed by atoms with Crippen LogP contribution < -0.4 is 34.9 Å². The fraction of sp³-hybridized carbons (Fsp3) is 0.833.